The molecule has 1 N–H and O–H groups in total. The first-order valence-corrected chi connectivity index (χ1v) is 10.6. The molecule has 3 heterocycles. The molecule has 3 aromatic rings. The maximum absolute atomic E-state index is 14.6. The van der Waals surface area contributed by atoms with Crippen molar-refractivity contribution in [1.82, 2.24) is 24.6 Å². The fraction of sp³-hybridized carbons (Fsp3) is 0.429. The molecule has 0 unspecified atom stereocenters. The number of carbonyl (C=O) groups is 1. The smallest absolute Gasteiger partial charge is 0.419 e. The average molecular weight is 482 g/mol. The number of hydrogen-bond acceptors (Lipinski definition) is 6. The van der Waals surface area contributed by atoms with E-state index in [0.29, 0.717) is 32.1 Å². The van der Waals surface area contributed by atoms with Gasteiger partial charge in [-0.1, -0.05) is 0 Å². The molecule has 0 bridgehead atoms. The van der Waals surface area contributed by atoms with E-state index in [1.165, 1.54) is 17.9 Å². The second-order valence-electron chi connectivity index (χ2n) is 8.41. The van der Waals surface area contributed by atoms with Crippen LogP contribution in [0.25, 0.3) is 22.3 Å². The standard InChI is InChI=1S/C21H19F5N6O2/c1-30-18-12(16(29-30)11-8-13(21(24,25)26)15(23)17(33)14(11)22)9-27-20(28-18)32-6-4-31(5-7-32)19(34)10-2-3-10/h8-10,33H,2-7H2,1H3. The summed E-state index contributed by atoms with van der Waals surface area (Å²) in [6.45, 7) is 2.05. The van der Waals surface area contributed by atoms with Crippen LogP contribution in [0.4, 0.5) is 27.9 Å². The number of amides is 1. The summed E-state index contributed by atoms with van der Waals surface area (Å²) in [7, 11) is 1.47. The first kappa shape index (κ1) is 22.3. The van der Waals surface area contributed by atoms with Crippen LogP contribution in [-0.2, 0) is 18.0 Å². The predicted molar refractivity (Wildman–Crippen MR) is 110 cm³/mol. The van der Waals surface area contributed by atoms with E-state index in [1.807, 2.05) is 9.80 Å². The lowest BCUT2D eigenvalue weighted by atomic mass is 10.0. The van der Waals surface area contributed by atoms with Crippen molar-refractivity contribution in [1.29, 1.82) is 0 Å². The van der Waals surface area contributed by atoms with Crippen molar-refractivity contribution >= 4 is 22.9 Å². The lowest BCUT2D eigenvalue weighted by molar-refractivity contribution is -0.140. The molecule has 2 aromatic heterocycles. The molecule has 2 aliphatic rings. The lowest BCUT2D eigenvalue weighted by Gasteiger charge is -2.34. The SMILES string of the molecule is Cn1nc(-c2cc(C(F)(F)F)c(F)c(O)c2F)c2cnc(N3CCN(C(=O)C4CC4)CC3)nc21. The Labute approximate surface area is 189 Å². The van der Waals surface area contributed by atoms with Crippen LogP contribution in [0.15, 0.2) is 12.3 Å². The first-order valence-electron chi connectivity index (χ1n) is 10.6. The summed E-state index contributed by atoms with van der Waals surface area (Å²) >= 11 is 0. The number of aryl methyl sites for hydroxylation is 1. The molecule has 0 spiro atoms. The Balaban J connectivity index is 1.48. The average Bonchev–Trinajstić information content (AvgIpc) is 3.61. The number of rotatable bonds is 3. The highest BCUT2D eigenvalue weighted by molar-refractivity contribution is 5.91. The number of piperazine rings is 1. The molecule has 8 nitrogen and oxygen atoms in total. The molecular weight excluding hydrogens is 463 g/mol. The van der Waals surface area contributed by atoms with E-state index in [2.05, 4.69) is 15.1 Å². The molecule has 180 valence electrons. The first-order chi connectivity index (χ1) is 16.1. The second kappa shape index (κ2) is 7.77. The minimum Gasteiger partial charge on any atom is -0.503 e. The quantitative estimate of drug-likeness (QED) is 0.578. The lowest BCUT2D eigenvalue weighted by Crippen LogP contribution is -2.49. The summed E-state index contributed by atoms with van der Waals surface area (Å²) in [5.74, 6) is -4.76. The number of aromatic hydroxyl groups is 1. The minimum atomic E-state index is -5.15. The van der Waals surface area contributed by atoms with Gasteiger partial charge in [0.15, 0.2) is 23.0 Å². The molecule has 34 heavy (non-hydrogen) atoms. The van der Waals surface area contributed by atoms with Crippen molar-refractivity contribution in [3.8, 4) is 17.0 Å². The number of fused-ring (bicyclic) bond motifs is 1. The number of halogens is 5. The predicted octanol–water partition coefficient (Wildman–Crippen LogP) is 3.09. The van der Waals surface area contributed by atoms with Crippen molar-refractivity contribution in [2.75, 3.05) is 31.1 Å². The number of phenolic OH excluding ortho intramolecular Hbond substituents is 1. The maximum Gasteiger partial charge on any atom is 0.419 e. The van der Waals surface area contributed by atoms with Gasteiger partial charge in [0.2, 0.25) is 11.9 Å². The third-order valence-electron chi connectivity index (χ3n) is 6.11. The largest absolute Gasteiger partial charge is 0.503 e. The molecule has 0 radical (unpaired) electrons. The van der Waals surface area contributed by atoms with Crippen LogP contribution >= 0.6 is 0 Å². The maximum atomic E-state index is 14.6. The van der Waals surface area contributed by atoms with E-state index < -0.39 is 34.7 Å². The Morgan fingerprint density at radius 2 is 1.79 bits per heavy atom. The highest BCUT2D eigenvalue weighted by Gasteiger charge is 2.38. The van der Waals surface area contributed by atoms with Crippen LogP contribution in [0.2, 0.25) is 0 Å². The fourth-order valence-corrected chi connectivity index (χ4v) is 4.10. The van der Waals surface area contributed by atoms with Crippen LogP contribution in [0.3, 0.4) is 0 Å². The summed E-state index contributed by atoms with van der Waals surface area (Å²) in [5, 5.41) is 13.8. The molecule has 0 atom stereocenters. The zero-order valence-corrected chi connectivity index (χ0v) is 17.9. The number of aromatic nitrogens is 4. The zero-order chi connectivity index (χ0) is 24.4. The molecule has 13 heteroatoms. The molecule has 1 saturated heterocycles. The number of nitrogens with zero attached hydrogens (tertiary/aromatic N) is 6. The number of carbonyl (C=O) groups excluding carboxylic acids is 1. The Kier molecular flexibility index (Phi) is 5.10. The van der Waals surface area contributed by atoms with Gasteiger partial charge < -0.3 is 14.9 Å². The van der Waals surface area contributed by atoms with Gasteiger partial charge >= 0.3 is 6.18 Å². The van der Waals surface area contributed by atoms with Crippen molar-refractivity contribution < 1.29 is 31.9 Å². The monoisotopic (exact) mass is 482 g/mol. The molecule has 1 aliphatic carbocycles. The minimum absolute atomic E-state index is 0.131. The van der Waals surface area contributed by atoms with Crippen LogP contribution in [0, 0.1) is 17.6 Å². The molecule has 1 amide bonds. The van der Waals surface area contributed by atoms with Crippen LogP contribution in [0.1, 0.15) is 18.4 Å². The van der Waals surface area contributed by atoms with Gasteiger partial charge in [-0.15, -0.1) is 0 Å². The number of anilines is 1. The Morgan fingerprint density at radius 1 is 1.12 bits per heavy atom. The normalized spacial score (nSPS) is 17.0. The van der Waals surface area contributed by atoms with Crippen LogP contribution < -0.4 is 4.90 Å². The van der Waals surface area contributed by atoms with E-state index in [4.69, 9.17) is 0 Å². The third-order valence-corrected chi connectivity index (χ3v) is 6.11. The van der Waals surface area contributed by atoms with Gasteiger partial charge in [-0.25, -0.2) is 18.4 Å². The molecule has 2 fully saturated rings. The second-order valence-corrected chi connectivity index (χ2v) is 8.41. The summed E-state index contributed by atoms with van der Waals surface area (Å²) < 4.78 is 69.3. The molecule has 5 rings (SSSR count). The van der Waals surface area contributed by atoms with Gasteiger partial charge in [-0.05, 0) is 18.9 Å². The summed E-state index contributed by atoms with van der Waals surface area (Å²) in [4.78, 5) is 24.6. The van der Waals surface area contributed by atoms with E-state index in [0.717, 1.165) is 12.8 Å². The van der Waals surface area contributed by atoms with Crippen LogP contribution in [-0.4, -0.2) is 61.8 Å². The summed E-state index contributed by atoms with van der Waals surface area (Å²) in [5.41, 5.74) is -2.58. The fourth-order valence-electron chi connectivity index (χ4n) is 4.10. The van der Waals surface area contributed by atoms with Gasteiger partial charge in [-0.3, -0.25) is 4.79 Å². The van der Waals surface area contributed by atoms with E-state index in [1.54, 1.807) is 0 Å². The highest BCUT2D eigenvalue weighted by Crippen LogP contribution is 2.41. The molecule has 1 aliphatic heterocycles. The van der Waals surface area contributed by atoms with Crippen molar-refractivity contribution in [3.05, 3.63) is 29.5 Å². The third kappa shape index (κ3) is 3.68. The summed E-state index contributed by atoms with van der Waals surface area (Å²) in [6, 6.07) is 0.274. The summed E-state index contributed by atoms with van der Waals surface area (Å²) in [6.07, 6.45) is -1.99. The van der Waals surface area contributed by atoms with E-state index in [-0.39, 0.29) is 34.6 Å². The zero-order valence-electron chi connectivity index (χ0n) is 17.9. The highest BCUT2D eigenvalue weighted by atomic mass is 19.4. The van der Waals surface area contributed by atoms with Crippen LogP contribution in [0.5, 0.6) is 5.75 Å². The van der Waals surface area contributed by atoms with E-state index in [9.17, 15) is 31.9 Å². The Hall–Kier alpha value is -3.51. The van der Waals surface area contributed by atoms with Gasteiger partial charge in [0.1, 0.15) is 5.69 Å². The number of alkyl halides is 3. The van der Waals surface area contributed by atoms with Gasteiger partial charge in [0.05, 0.1) is 10.9 Å². The van der Waals surface area contributed by atoms with Gasteiger partial charge in [-0.2, -0.15) is 23.3 Å². The number of benzene rings is 1. The van der Waals surface area contributed by atoms with Crippen molar-refractivity contribution in [3.63, 3.8) is 0 Å². The van der Waals surface area contributed by atoms with Crippen molar-refractivity contribution in [2.45, 2.75) is 19.0 Å². The number of phenols is 1. The topological polar surface area (TPSA) is 87.4 Å². The number of hydrogen-bond donors (Lipinski definition) is 1. The molecule has 1 aromatic carbocycles. The Bertz CT molecular complexity index is 1300. The molecule has 1 saturated carbocycles. The van der Waals surface area contributed by atoms with E-state index >= 15 is 0 Å². The van der Waals surface area contributed by atoms with Gasteiger partial charge in [0, 0.05) is 50.9 Å². The van der Waals surface area contributed by atoms with Crippen molar-refractivity contribution in [2.24, 2.45) is 13.0 Å². The van der Waals surface area contributed by atoms with Gasteiger partial charge in [0.25, 0.3) is 0 Å². The Morgan fingerprint density at radius 3 is 2.41 bits per heavy atom. The molecular formula is C21H19F5N6O2.